The molecule has 0 fully saturated rings. The molecule has 0 aliphatic heterocycles. The molecule has 5 N–H and O–H groups in total. The van der Waals surface area contributed by atoms with Gasteiger partial charge in [-0.15, -0.1) is 0 Å². The van der Waals surface area contributed by atoms with Gasteiger partial charge in [0.05, 0.1) is 12.7 Å². The van der Waals surface area contributed by atoms with Gasteiger partial charge in [-0.25, -0.2) is 4.57 Å². The summed E-state index contributed by atoms with van der Waals surface area (Å²) in [6, 6.07) is 6.93. The lowest BCUT2D eigenvalue weighted by Gasteiger charge is -2.05. The van der Waals surface area contributed by atoms with Crippen LogP contribution in [0.3, 0.4) is 0 Å². The van der Waals surface area contributed by atoms with E-state index < -0.39 is 13.2 Å². The van der Waals surface area contributed by atoms with Crippen LogP contribution in [0.4, 0.5) is 5.95 Å². The van der Waals surface area contributed by atoms with Gasteiger partial charge in [-0.2, -0.15) is 0 Å². The van der Waals surface area contributed by atoms with Gasteiger partial charge in [-0.05, 0) is 24.3 Å². The van der Waals surface area contributed by atoms with Gasteiger partial charge < -0.3 is 20.3 Å². The van der Waals surface area contributed by atoms with Gasteiger partial charge in [0.15, 0.2) is 6.33 Å². The van der Waals surface area contributed by atoms with Gasteiger partial charge in [-0.3, -0.25) is 18.9 Å². The summed E-state index contributed by atoms with van der Waals surface area (Å²) in [5, 5.41) is 0.608. The molecule has 0 aliphatic carbocycles. The van der Waals surface area contributed by atoms with Crippen LogP contribution >= 0.6 is 19.2 Å². The Morgan fingerprint density at radius 1 is 1.31 bits per heavy atom. The van der Waals surface area contributed by atoms with Crippen molar-refractivity contribution in [2.24, 2.45) is 0 Å². The number of nitrogens with zero attached hydrogens (tertiary/aromatic N) is 3. The van der Waals surface area contributed by atoms with Crippen LogP contribution in [0, 0.1) is 0 Å². The molecule has 0 bridgehead atoms. The standard InChI is InChI=1S/C17H19ClN5O5P/c18-12-3-5-13(6-4-12)28-9-8-22-11-23(7-1-2-10-29(25,26)27)15-14(22)16(24)21-17(19)20-15/h1-6,11H,7-10H2,(H4-,19,20,21,24,25,26,27)/p+1/b2-1-. The average Bonchev–Trinajstić information content (AvgIpc) is 2.97. The molecule has 0 amide bonds. The smallest absolute Gasteiger partial charge is 0.329 e. The van der Waals surface area contributed by atoms with Crippen molar-refractivity contribution in [2.45, 2.75) is 13.1 Å². The van der Waals surface area contributed by atoms with E-state index in [1.807, 2.05) is 0 Å². The predicted octanol–water partition coefficient (Wildman–Crippen LogP) is 1.06. The van der Waals surface area contributed by atoms with Gasteiger partial charge in [0.25, 0.3) is 11.5 Å². The van der Waals surface area contributed by atoms with Crippen LogP contribution in [-0.2, 0) is 17.7 Å². The number of rotatable bonds is 8. The highest BCUT2D eigenvalue weighted by Gasteiger charge is 2.21. The molecule has 154 valence electrons. The minimum absolute atomic E-state index is 0.0226. The number of nitrogen functional groups attached to an aromatic ring is 1. The van der Waals surface area contributed by atoms with Crippen molar-refractivity contribution in [3.63, 3.8) is 0 Å². The van der Waals surface area contributed by atoms with Gasteiger partial charge in [0.1, 0.15) is 18.9 Å². The third kappa shape index (κ3) is 5.68. The Labute approximate surface area is 170 Å². The van der Waals surface area contributed by atoms with Crippen molar-refractivity contribution in [3.8, 4) is 5.75 Å². The van der Waals surface area contributed by atoms with Crippen LogP contribution in [0.25, 0.3) is 11.2 Å². The van der Waals surface area contributed by atoms with E-state index in [-0.39, 0.29) is 18.7 Å². The van der Waals surface area contributed by atoms with Gasteiger partial charge in [0.2, 0.25) is 5.52 Å². The Morgan fingerprint density at radius 3 is 2.72 bits per heavy atom. The summed E-state index contributed by atoms with van der Waals surface area (Å²) in [7, 11) is -4.11. The van der Waals surface area contributed by atoms with Crippen LogP contribution in [-0.4, -0.2) is 37.1 Å². The molecule has 10 nitrogen and oxygen atoms in total. The maximum atomic E-state index is 12.4. The third-order valence-electron chi connectivity index (χ3n) is 3.96. The second kappa shape index (κ2) is 8.79. The van der Waals surface area contributed by atoms with Crippen LogP contribution in [0.2, 0.25) is 5.02 Å². The molecule has 29 heavy (non-hydrogen) atoms. The van der Waals surface area contributed by atoms with E-state index in [9.17, 15) is 9.36 Å². The number of H-pyrrole nitrogens is 1. The number of nitrogens with two attached hydrogens (primary N) is 1. The molecule has 12 heteroatoms. The van der Waals surface area contributed by atoms with Crippen molar-refractivity contribution in [2.75, 3.05) is 18.5 Å². The van der Waals surface area contributed by atoms with Gasteiger partial charge >= 0.3 is 13.2 Å². The number of allylic oxidation sites excluding steroid dienone is 2. The molecule has 0 unspecified atom stereocenters. The quantitative estimate of drug-likeness (QED) is 0.232. The number of aromatic nitrogens is 4. The Balaban J connectivity index is 1.80. The average molecular weight is 441 g/mol. The maximum absolute atomic E-state index is 12.4. The zero-order valence-corrected chi connectivity index (χ0v) is 16.9. The summed E-state index contributed by atoms with van der Waals surface area (Å²) in [6.07, 6.45) is 4.29. The second-order valence-electron chi connectivity index (χ2n) is 6.21. The highest BCUT2D eigenvalue weighted by molar-refractivity contribution is 7.51. The first-order valence-corrected chi connectivity index (χ1v) is 10.8. The molecule has 0 atom stereocenters. The summed E-state index contributed by atoms with van der Waals surface area (Å²) < 4.78 is 20.0. The van der Waals surface area contributed by atoms with E-state index in [4.69, 9.17) is 31.9 Å². The molecule has 0 saturated heterocycles. The first-order chi connectivity index (χ1) is 13.7. The van der Waals surface area contributed by atoms with E-state index in [1.54, 1.807) is 45.8 Å². The number of imidazole rings is 1. The van der Waals surface area contributed by atoms with E-state index in [2.05, 4.69) is 9.97 Å². The van der Waals surface area contributed by atoms with Crippen molar-refractivity contribution in [1.29, 1.82) is 0 Å². The molecule has 1 aromatic carbocycles. The number of fused-ring (bicyclic) bond motifs is 1. The Hall–Kier alpha value is -2.65. The number of benzene rings is 1. The zero-order chi connectivity index (χ0) is 21.0. The fourth-order valence-electron chi connectivity index (χ4n) is 2.71. The maximum Gasteiger partial charge on any atom is 0.329 e. The number of halogens is 1. The minimum Gasteiger partial charge on any atom is -0.490 e. The number of hydrogen-bond donors (Lipinski definition) is 4. The first-order valence-electron chi connectivity index (χ1n) is 8.59. The third-order valence-corrected chi connectivity index (χ3v) is 4.90. The summed E-state index contributed by atoms with van der Waals surface area (Å²) in [5.74, 6) is 0.626. The lowest BCUT2D eigenvalue weighted by atomic mass is 10.3. The largest absolute Gasteiger partial charge is 0.490 e. The van der Waals surface area contributed by atoms with Gasteiger partial charge in [0, 0.05) is 5.02 Å². The molecular weight excluding hydrogens is 421 g/mol. The Bertz CT molecular complexity index is 1140. The van der Waals surface area contributed by atoms with E-state index >= 15 is 0 Å². The number of nitrogens with one attached hydrogen (secondary N) is 1. The predicted molar refractivity (Wildman–Crippen MR) is 108 cm³/mol. The van der Waals surface area contributed by atoms with E-state index in [0.29, 0.717) is 35.1 Å². The van der Waals surface area contributed by atoms with E-state index in [0.717, 1.165) is 0 Å². The number of anilines is 1. The lowest BCUT2D eigenvalue weighted by Crippen LogP contribution is -2.32. The molecule has 2 aromatic heterocycles. The van der Waals surface area contributed by atoms with Crippen LogP contribution in [0.1, 0.15) is 0 Å². The minimum atomic E-state index is -4.11. The van der Waals surface area contributed by atoms with Crippen LogP contribution in [0.5, 0.6) is 5.75 Å². The van der Waals surface area contributed by atoms with Crippen molar-refractivity contribution >= 4 is 36.3 Å². The SMILES string of the molecule is Nc1nc2c(c(=O)[nH]1)n(CCOc1ccc(Cl)cc1)c[n+]2C/C=C\CP(=O)(O)O. The van der Waals surface area contributed by atoms with Crippen LogP contribution < -0.4 is 20.6 Å². The highest BCUT2D eigenvalue weighted by Crippen LogP contribution is 2.33. The summed E-state index contributed by atoms with van der Waals surface area (Å²) in [6.45, 7) is 0.924. The number of aromatic amines is 1. The monoisotopic (exact) mass is 440 g/mol. The molecule has 2 heterocycles. The molecule has 3 rings (SSSR count). The van der Waals surface area contributed by atoms with Crippen molar-refractivity contribution in [3.05, 3.63) is 58.1 Å². The normalized spacial score (nSPS) is 12.1. The lowest BCUT2D eigenvalue weighted by molar-refractivity contribution is -0.663. The molecular formula is C17H20ClN5O5P+. The number of hydrogen-bond acceptors (Lipinski definition) is 5. The zero-order valence-electron chi connectivity index (χ0n) is 15.2. The first kappa shape index (κ1) is 21.1. The van der Waals surface area contributed by atoms with Crippen molar-refractivity contribution in [1.82, 2.24) is 14.5 Å². The van der Waals surface area contributed by atoms with Gasteiger partial charge in [-0.1, -0.05) is 28.7 Å². The molecule has 0 aliphatic rings. The summed E-state index contributed by atoms with van der Waals surface area (Å²) in [5.41, 5.74) is 5.95. The second-order valence-corrected chi connectivity index (χ2v) is 8.34. The summed E-state index contributed by atoms with van der Waals surface area (Å²) >= 11 is 5.85. The fourth-order valence-corrected chi connectivity index (χ4v) is 3.26. The molecule has 0 radical (unpaired) electrons. The molecule has 0 spiro atoms. The fraction of sp³-hybridized carbons (Fsp3) is 0.235. The number of ether oxygens (including phenoxy) is 1. The van der Waals surface area contributed by atoms with Crippen LogP contribution in [0.15, 0.2) is 47.5 Å². The molecule has 0 saturated carbocycles. The Kier molecular flexibility index (Phi) is 6.39. The molecule has 3 aromatic rings. The van der Waals surface area contributed by atoms with E-state index in [1.165, 1.54) is 6.08 Å². The Morgan fingerprint density at radius 2 is 2.03 bits per heavy atom. The topological polar surface area (TPSA) is 147 Å². The van der Waals surface area contributed by atoms with Crippen molar-refractivity contribution < 1.29 is 23.7 Å². The summed E-state index contributed by atoms with van der Waals surface area (Å²) in [4.78, 5) is 36.9. The highest BCUT2D eigenvalue weighted by atomic mass is 35.5.